The average molecular weight is 242 g/mol. The Hall–Kier alpha value is -0.650. The largest absolute Gasteiger partial charge is 0.388 e. The van der Waals surface area contributed by atoms with Crippen LogP contribution in [0.25, 0.3) is 0 Å². The van der Waals surface area contributed by atoms with Gasteiger partial charge in [-0.05, 0) is 25.2 Å². The number of amides is 1. The lowest BCUT2D eigenvalue weighted by Gasteiger charge is -2.33. The Balaban J connectivity index is 1.92. The van der Waals surface area contributed by atoms with Crippen molar-refractivity contribution in [3.05, 3.63) is 0 Å². The molecule has 0 radical (unpaired) electrons. The molecule has 5 unspecified atom stereocenters. The second-order valence-corrected chi connectivity index (χ2v) is 5.53. The number of carbonyl (C=O) groups excluding carboxylic acids is 1. The van der Waals surface area contributed by atoms with Crippen LogP contribution < -0.4 is 5.73 Å². The molecule has 4 N–H and O–H groups in total. The van der Waals surface area contributed by atoms with Gasteiger partial charge in [0, 0.05) is 25.0 Å². The molecule has 1 saturated carbocycles. The summed E-state index contributed by atoms with van der Waals surface area (Å²) in [6.45, 7) is 2.60. The van der Waals surface area contributed by atoms with E-state index in [1.54, 1.807) is 4.90 Å². The van der Waals surface area contributed by atoms with E-state index in [0.29, 0.717) is 5.92 Å². The maximum Gasteiger partial charge on any atom is 0.225 e. The second kappa shape index (κ2) is 4.92. The molecular weight excluding hydrogens is 220 g/mol. The van der Waals surface area contributed by atoms with Gasteiger partial charge in [0.25, 0.3) is 0 Å². The number of hydrogen-bond donors (Lipinski definition) is 3. The average Bonchev–Trinajstić information content (AvgIpc) is 2.62. The maximum atomic E-state index is 12.2. The number of carbonyl (C=O) groups is 1. The summed E-state index contributed by atoms with van der Waals surface area (Å²) >= 11 is 0. The Labute approximate surface area is 102 Å². The Morgan fingerprint density at radius 3 is 2.35 bits per heavy atom. The Morgan fingerprint density at radius 1 is 1.24 bits per heavy atom. The standard InChI is InChI=1S/C12H22N2O3/c1-7-4-8(2-3-9(7)13)12(17)14-5-10(15)11(16)6-14/h7-11,15-16H,2-6,13H2,1H3. The number of nitrogens with two attached hydrogens (primary N) is 1. The first-order chi connectivity index (χ1) is 7.99. The monoisotopic (exact) mass is 242 g/mol. The van der Waals surface area contributed by atoms with Crippen LogP contribution in [0, 0.1) is 11.8 Å². The smallest absolute Gasteiger partial charge is 0.225 e. The number of aliphatic hydroxyl groups excluding tert-OH is 2. The molecule has 1 heterocycles. The fraction of sp³-hybridized carbons (Fsp3) is 0.917. The summed E-state index contributed by atoms with van der Waals surface area (Å²) in [5.74, 6) is 0.455. The third-order valence-electron chi connectivity index (χ3n) is 4.16. The van der Waals surface area contributed by atoms with Gasteiger partial charge in [-0.2, -0.15) is 0 Å². The number of rotatable bonds is 1. The van der Waals surface area contributed by atoms with Crippen LogP contribution in [-0.4, -0.2) is 52.4 Å². The van der Waals surface area contributed by atoms with Crippen molar-refractivity contribution in [2.45, 2.75) is 44.4 Å². The lowest BCUT2D eigenvalue weighted by Crippen LogP contribution is -2.42. The van der Waals surface area contributed by atoms with Gasteiger partial charge in [0.2, 0.25) is 5.91 Å². The van der Waals surface area contributed by atoms with Crippen molar-refractivity contribution in [3.8, 4) is 0 Å². The summed E-state index contributed by atoms with van der Waals surface area (Å²) in [5.41, 5.74) is 5.93. The molecule has 5 nitrogen and oxygen atoms in total. The van der Waals surface area contributed by atoms with Gasteiger partial charge in [-0.3, -0.25) is 4.79 Å². The summed E-state index contributed by atoms with van der Waals surface area (Å²) in [7, 11) is 0. The van der Waals surface area contributed by atoms with Gasteiger partial charge in [-0.1, -0.05) is 6.92 Å². The van der Waals surface area contributed by atoms with Gasteiger partial charge < -0.3 is 20.8 Å². The first-order valence-electron chi connectivity index (χ1n) is 6.39. The van der Waals surface area contributed by atoms with Crippen LogP contribution in [0.2, 0.25) is 0 Å². The molecule has 2 aliphatic rings. The van der Waals surface area contributed by atoms with Gasteiger partial charge in [0.1, 0.15) is 0 Å². The fourth-order valence-corrected chi connectivity index (χ4v) is 2.85. The van der Waals surface area contributed by atoms with E-state index in [1.807, 2.05) is 0 Å². The summed E-state index contributed by atoms with van der Waals surface area (Å²) < 4.78 is 0. The number of nitrogens with zero attached hydrogens (tertiary/aromatic N) is 1. The van der Waals surface area contributed by atoms with E-state index in [0.717, 1.165) is 19.3 Å². The molecule has 98 valence electrons. The minimum atomic E-state index is -0.790. The summed E-state index contributed by atoms with van der Waals surface area (Å²) in [5, 5.41) is 18.9. The predicted molar refractivity (Wildman–Crippen MR) is 63.1 cm³/mol. The van der Waals surface area contributed by atoms with Crippen LogP contribution in [0.15, 0.2) is 0 Å². The predicted octanol–water partition coefficient (Wildman–Crippen LogP) is -0.686. The molecule has 2 rings (SSSR count). The van der Waals surface area contributed by atoms with Gasteiger partial charge in [-0.25, -0.2) is 0 Å². The van der Waals surface area contributed by atoms with Crippen molar-refractivity contribution < 1.29 is 15.0 Å². The minimum absolute atomic E-state index is 0.0160. The van der Waals surface area contributed by atoms with E-state index in [9.17, 15) is 15.0 Å². The van der Waals surface area contributed by atoms with Gasteiger partial charge in [0.05, 0.1) is 12.2 Å². The number of β-amino-alcohol motifs (C(OH)–C–C–N with tert-alkyl or cyclic N) is 2. The molecule has 1 saturated heterocycles. The van der Waals surface area contributed by atoms with Crippen LogP contribution in [-0.2, 0) is 4.79 Å². The zero-order valence-electron chi connectivity index (χ0n) is 10.2. The Morgan fingerprint density at radius 2 is 1.82 bits per heavy atom. The lowest BCUT2D eigenvalue weighted by atomic mass is 9.79. The van der Waals surface area contributed by atoms with Crippen LogP contribution in [0.4, 0.5) is 0 Å². The topological polar surface area (TPSA) is 86.8 Å². The molecule has 0 aromatic carbocycles. The van der Waals surface area contributed by atoms with Crippen LogP contribution in [0.1, 0.15) is 26.2 Å². The zero-order valence-corrected chi connectivity index (χ0v) is 10.2. The van der Waals surface area contributed by atoms with E-state index in [4.69, 9.17) is 5.73 Å². The molecular formula is C12H22N2O3. The first-order valence-corrected chi connectivity index (χ1v) is 6.39. The summed E-state index contributed by atoms with van der Waals surface area (Å²) in [4.78, 5) is 13.8. The van der Waals surface area contributed by atoms with Crippen molar-refractivity contribution >= 4 is 5.91 Å². The third-order valence-corrected chi connectivity index (χ3v) is 4.16. The van der Waals surface area contributed by atoms with Crippen LogP contribution in [0.5, 0.6) is 0 Å². The molecule has 0 bridgehead atoms. The van der Waals surface area contributed by atoms with Gasteiger partial charge in [0.15, 0.2) is 0 Å². The van der Waals surface area contributed by atoms with Crippen molar-refractivity contribution in [1.29, 1.82) is 0 Å². The number of likely N-dealkylation sites (tertiary alicyclic amines) is 1. The van der Waals surface area contributed by atoms with Gasteiger partial charge in [-0.15, -0.1) is 0 Å². The molecule has 2 fully saturated rings. The highest BCUT2D eigenvalue weighted by Gasteiger charge is 2.37. The lowest BCUT2D eigenvalue weighted by molar-refractivity contribution is -0.136. The number of aliphatic hydroxyl groups is 2. The maximum absolute atomic E-state index is 12.2. The molecule has 0 aromatic rings. The molecule has 1 aliphatic heterocycles. The van der Waals surface area contributed by atoms with E-state index >= 15 is 0 Å². The van der Waals surface area contributed by atoms with Crippen LogP contribution in [0.3, 0.4) is 0 Å². The highest BCUT2D eigenvalue weighted by molar-refractivity contribution is 5.79. The molecule has 0 spiro atoms. The van der Waals surface area contributed by atoms with Crippen molar-refractivity contribution in [2.75, 3.05) is 13.1 Å². The normalized spacial score (nSPS) is 42.8. The van der Waals surface area contributed by atoms with Crippen molar-refractivity contribution in [2.24, 2.45) is 17.6 Å². The Bertz CT molecular complexity index is 287. The SMILES string of the molecule is CC1CC(C(=O)N2CC(O)C(O)C2)CCC1N. The van der Waals surface area contributed by atoms with E-state index < -0.39 is 12.2 Å². The molecule has 5 heteroatoms. The summed E-state index contributed by atoms with van der Waals surface area (Å²) in [6.07, 6.45) is 0.955. The van der Waals surface area contributed by atoms with E-state index in [1.165, 1.54) is 0 Å². The minimum Gasteiger partial charge on any atom is -0.388 e. The van der Waals surface area contributed by atoms with E-state index in [-0.39, 0.29) is 31.0 Å². The second-order valence-electron chi connectivity index (χ2n) is 5.53. The third kappa shape index (κ3) is 2.61. The first kappa shape index (κ1) is 12.8. The van der Waals surface area contributed by atoms with Crippen molar-refractivity contribution in [3.63, 3.8) is 0 Å². The highest BCUT2D eigenvalue weighted by Crippen LogP contribution is 2.30. The molecule has 1 amide bonds. The molecule has 1 aliphatic carbocycles. The Kier molecular flexibility index (Phi) is 3.70. The van der Waals surface area contributed by atoms with Crippen molar-refractivity contribution in [1.82, 2.24) is 4.90 Å². The van der Waals surface area contributed by atoms with Crippen LogP contribution >= 0.6 is 0 Å². The van der Waals surface area contributed by atoms with Gasteiger partial charge >= 0.3 is 0 Å². The fourth-order valence-electron chi connectivity index (χ4n) is 2.85. The number of hydrogen-bond acceptors (Lipinski definition) is 4. The molecule has 17 heavy (non-hydrogen) atoms. The zero-order chi connectivity index (χ0) is 12.6. The van der Waals surface area contributed by atoms with E-state index in [2.05, 4.69) is 6.92 Å². The molecule has 5 atom stereocenters. The highest BCUT2D eigenvalue weighted by atomic mass is 16.3. The quantitative estimate of drug-likeness (QED) is 0.568. The molecule has 0 aromatic heterocycles. The summed E-state index contributed by atoms with van der Waals surface area (Å²) in [6, 6.07) is 0.203.